The van der Waals surface area contributed by atoms with Gasteiger partial charge in [0.1, 0.15) is 16.8 Å². The van der Waals surface area contributed by atoms with Gasteiger partial charge in [-0.05, 0) is 85.6 Å². The number of thiophene rings is 1. The Morgan fingerprint density at radius 1 is 0.491 bits per heavy atom. The van der Waals surface area contributed by atoms with Crippen molar-refractivity contribution in [2.75, 3.05) is 0 Å². The van der Waals surface area contributed by atoms with Gasteiger partial charge in [0, 0.05) is 36.7 Å². The predicted molar refractivity (Wildman–Crippen MR) is 239 cm³/mol. The zero-order chi connectivity index (χ0) is 37.8. The summed E-state index contributed by atoms with van der Waals surface area (Å²) in [6, 6.07) is 61.2. The topological polar surface area (TPSA) is 38.9 Å². The molecule has 0 spiro atoms. The van der Waals surface area contributed by atoms with Crippen LogP contribution in [0.1, 0.15) is 25.0 Å². The van der Waals surface area contributed by atoms with Gasteiger partial charge in [0.2, 0.25) is 0 Å². The summed E-state index contributed by atoms with van der Waals surface area (Å²) in [5.41, 5.74) is 14.9. The normalized spacial score (nSPS) is 13.2. The molecule has 3 aromatic heterocycles. The van der Waals surface area contributed by atoms with Crippen molar-refractivity contribution in [1.82, 2.24) is 9.97 Å². The Hall–Kier alpha value is -6.88. The molecule has 8 aromatic carbocycles. The molecule has 0 bridgehead atoms. The van der Waals surface area contributed by atoms with E-state index in [9.17, 15) is 0 Å². The number of hydrogen-bond donors (Lipinski definition) is 0. The molecule has 268 valence electrons. The number of rotatable bonds is 4. The fourth-order valence-electron chi connectivity index (χ4n) is 9.26. The number of fused-ring (bicyclic) bond motifs is 11. The van der Waals surface area contributed by atoms with Crippen LogP contribution in [0.3, 0.4) is 0 Å². The fraction of sp³-hybridized carbons (Fsp3) is 0.0566. The summed E-state index contributed by atoms with van der Waals surface area (Å²) in [5, 5.41) is 5.90. The smallest absolute Gasteiger partial charge is 0.180 e. The van der Waals surface area contributed by atoms with Crippen molar-refractivity contribution in [1.29, 1.82) is 0 Å². The summed E-state index contributed by atoms with van der Waals surface area (Å²) in [5.74, 6) is 0.687. The predicted octanol–water partition coefficient (Wildman–Crippen LogP) is 14.9. The van der Waals surface area contributed by atoms with Gasteiger partial charge in [0.15, 0.2) is 11.4 Å². The SMILES string of the molecule is CC1(C)c2ccccc2-c2ccc(-c3nc(-c4cccc(-c5cccc(-c6cccc7c6sc6ccccc67)c5)c4)c4oc5ccc6ccccc6c5c4n3)cc21. The van der Waals surface area contributed by atoms with Crippen LogP contribution in [-0.2, 0) is 5.41 Å². The lowest BCUT2D eigenvalue weighted by Crippen LogP contribution is -2.15. The van der Waals surface area contributed by atoms with E-state index in [-0.39, 0.29) is 5.41 Å². The average molecular weight is 747 g/mol. The van der Waals surface area contributed by atoms with Gasteiger partial charge in [0.25, 0.3) is 0 Å². The summed E-state index contributed by atoms with van der Waals surface area (Å²) >= 11 is 1.87. The van der Waals surface area contributed by atoms with Crippen LogP contribution in [0.25, 0.3) is 109 Å². The second-order valence-corrected chi connectivity index (χ2v) is 16.8. The van der Waals surface area contributed by atoms with E-state index in [0.717, 1.165) is 55.2 Å². The van der Waals surface area contributed by atoms with Gasteiger partial charge in [-0.3, -0.25) is 0 Å². The number of hydrogen-bond acceptors (Lipinski definition) is 4. The summed E-state index contributed by atoms with van der Waals surface area (Å²) in [7, 11) is 0. The van der Waals surface area contributed by atoms with Gasteiger partial charge >= 0.3 is 0 Å². The quantitative estimate of drug-likeness (QED) is 0.180. The molecule has 0 amide bonds. The van der Waals surface area contributed by atoms with Crippen molar-refractivity contribution in [3.8, 4) is 56.0 Å². The zero-order valence-electron chi connectivity index (χ0n) is 31.4. The first-order valence-electron chi connectivity index (χ1n) is 19.5. The van der Waals surface area contributed by atoms with Gasteiger partial charge in [0.05, 0.1) is 5.39 Å². The van der Waals surface area contributed by atoms with E-state index in [0.29, 0.717) is 11.4 Å². The Balaban J connectivity index is 1.04. The first-order valence-corrected chi connectivity index (χ1v) is 20.3. The highest BCUT2D eigenvalue weighted by Crippen LogP contribution is 2.50. The number of nitrogens with zero attached hydrogens (tertiary/aromatic N) is 2. The second kappa shape index (κ2) is 12.1. The standard InChI is InChI=1S/C53H34N2OS/c1-53(2)43-22-7-5-18-39(43)40-26-24-36(30-44(40)53)52-54-48(50-49(55-52)47-37-17-4-3-12-31(37)25-27-45(47)56-50)35-16-10-14-33(29-35)32-13-9-15-34(28-32)38-20-11-21-42-41-19-6-8-23-46(41)57-51(38)42/h3-30H,1-2H3. The molecule has 0 aliphatic heterocycles. The molecule has 57 heavy (non-hydrogen) atoms. The van der Waals surface area contributed by atoms with Crippen LogP contribution < -0.4 is 0 Å². The Kier molecular flexibility index (Phi) is 6.85. The molecule has 1 aliphatic carbocycles. The van der Waals surface area contributed by atoms with E-state index >= 15 is 0 Å². The molecule has 0 atom stereocenters. The largest absolute Gasteiger partial charge is 0.452 e. The van der Waals surface area contributed by atoms with Crippen LogP contribution in [-0.4, -0.2) is 9.97 Å². The molecule has 0 saturated heterocycles. The third kappa shape index (κ3) is 4.84. The second-order valence-electron chi connectivity index (χ2n) is 15.7. The molecule has 0 radical (unpaired) electrons. The van der Waals surface area contributed by atoms with E-state index in [1.165, 1.54) is 53.6 Å². The van der Waals surface area contributed by atoms with Crippen LogP contribution in [0.4, 0.5) is 0 Å². The van der Waals surface area contributed by atoms with Crippen molar-refractivity contribution in [3.05, 3.63) is 181 Å². The molecular formula is C53H34N2OS. The minimum atomic E-state index is -0.140. The Morgan fingerprint density at radius 3 is 2.07 bits per heavy atom. The number of furan rings is 1. The molecule has 0 unspecified atom stereocenters. The van der Waals surface area contributed by atoms with E-state index in [1.54, 1.807) is 0 Å². The van der Waals surface area contributed by atoms with E-state index in [2.05, 4.69) is 184 Å². The highest BCUT2D eigenvalue weighted by Gasteiger charge is 2.35. The zero-order valence-corrected chi connectivity index (χ0v) is 32.2. The van der Waals surface area contributed by atoms with Crippen molar-refractivity contribution in [2.45, 2.75) is 19.3 Å². The van der Waals surface area contributed by atoms with Gasteiger partial charge in [-0.1, -0.05) is 153 Å². The minimum absolute atomic E-state index is 0.140. The molecular weight excluding hydrogens is 713 g/mol. The van der Waals surface area contributed by atoms with Crippen LogP contribution in [0.5, 0.6) is 0 Å². The minimum Gasteiger partial charge on any atom is -0.452 e. The van der Waals surface area contributed by atoms with E-state index in [1.807, 2.05) is 11.3 Å². The highest BCUT2D eigenvalue weighted by atomic mass is 32.1. The maximum absolute atomic E-state index is 6.75. The van der Waals surface area contributed by atoms with Crippen LogP contribution >= 0.6 is 11.3 Å². The van der Waals surface area contributed by atoms with Crippen molar-refractivity contribution in [3.63, 3.8) is 0 Å². The van der Waals surface area contributed by atoms with Crippen LogP contribution in [0.2, 0.25) is 0 Å². The first-order chi connectivity index (χ1) is 28.0. The molecule has 3 heterocycles. The summed E-state index contributed by atoms with van der Waals surface area (Å²) in [6.07, 6.45) is 0. The molecule has 3 nitrogen and oxygen atoms in total. The molecule has 4 heteroatoms. The molecule has 0 fully saturated rings. The van der Waals surface area contributed by atoms with Crippen molar-refractivity contribution >= 4 is 64.4 Å². The first kappa shape index (κ1) is 32.4. The lowest BCUT2D eigenvalue weighted by molar-refractivity contribution is 0.660. The third-order valence-corrected chi connectivity index (χ3v) is 13.3. The van der Waals surface area contributed by atoms with Crippen LogP contribution in [0, 0.1) is 0 Å². The monoisotopic (exact) mass is 746 g/mol. The van der Waals surface area contributed by atoms with Crippen molar-refractivity contribution < 1.29 is 4.42 Å². The summed E-state index contributed by atoms with van der Waals surface area (Å²) < 4.78 is 9.38. The molecule has 0 saturated carbocycles. The summed E-state index contributed by atoms with van der Waals surface area (Å²) in [6.45, 7) is 4.63. The third-order valence-electron chi connectivity index (χ3n) is 12.1. The Labute approximate surface area is 333 Å². The van der Waals surface area contributed by atoms with Gasteiger partial charge in [-0.25, -0.2) is 9.97 Å². The molecule has 12 rings (SSSR count). The molecule has 0 N–H and O–H groups in total. The van der Waals surface area contributed by atoms with Gasteiger partial charge in [-0.15, -0.1) is 11.3 Å². The maximum atomic E-state index is 6.75. The maximum Gasteiger partial charge on any atom is 0.180 e. The van der Waals surface area contributed by atoms with Crippen LogP contribution in [0.15, 0.2) is 174 Å². The fourth-order valence-corrected chi connectivity index (χ4v) is 10.5. The lowest BCUT2D eigenvalue weighted by Gasteiger charge is -2.21. The Bertz CT molecular complexity index is 3460. The molecule has 1 aliphatic rings. The lowest BCUT2D eigenvalue weighted by atomic mass is 9.82. The summed E-state index contributed by atoms with van der Waals surface area (Å²) in [4.78, 5) is 10.7. The van der Waals surface area contributed by atoms with Gasteiger partial charge < -0.3 is 4.42 Å². The van der Waals surface area contributed by atoms with Crippen molar-refractivity contribution in [2.24, 2.45) is 0 Å². The van der Waals surface area contributed by atoms with Gasteiger partial charge in [-0.2, -0.15) is 0 Å². The van der Waals surface area contributed by atoms with E-state index < -0.39 is 0 Å². The average Bonchev–Trinajstić information content (AvgIpc) is 3.91. The number of benzene rings is 8. The highest BCUT2D eigenvalue weighted by molar-refractivity contribution is 7.26. The Morgan fingerprint density at radius 2 is 1.18 bits per heavy atom. The van der Waals surface area contributed by atoms with E-state index in [4.69, 9.17) is 14.4 Å². The number of aromatic nitrogens is 2. The molecule has 11 aromatic rings.